The van der Waals surface area contributed by atoms with Crippen molar-refractivity contribution in [2.24, 2.45) is 0 Å². The molecule has 1 heterocycles. The summed E-state index contributed by atoms with van der Waals surface area (Å²) in [6, 6.07) is 6.09. The predicted molar refractivity (Wildman–Crippen MR) is 66.4 cm³/mol. The molecule has 0 amide bonds. The zero-order valence-corrected chi connectivity index (χ0v) is 10.8. The van der Waals surface area contributed by atoms with Crippen LogP contribution in [0.3, 0.4) is 0 Å². The summed E-state index contributed by atoms with van der Waals surface area (Å²) in [5, 5.41) is 21.5. The first-order chi connectivity index (χ1) is 7.54. The van der Waals surface area contributed by atoms with E-state index in [1.54, 1.807) is 0 Å². The highest BCUT2D eigenvalue weighted by molar-refractivity contribution is 7.12. The molecule has 0 saturated carbocycles. The third-order valence-corrected chi connectivity index (χ3v) is 4.03. The minimum Gasteiger partial charge on any atom is -0.394 e. The highest BCUT2D eigenvalue weighted by Gasteiger charge is 2.23. The molecule has 0 aliphatic carbocycles. The molecule has 0 aliphatic rings. The quantitative estimate of drug-likeness (QED) is 0.828. The maximum absolute atomic E-state index is 9.32. The molecule has 1 rings (SSSR count). The SMILES string of the molecule is CCC(C)(CO)NC(C)c1ccc(C#N)s1. The fraction of sp³-hybridized carbons (Fsp3) is 0.583. The van der Waals surface area contributed by atoms with E-state index < -0.39 is 0 Å². The summed E-state index contributed by atoms with van der Waals surface area (Å²) in [5.74, 6) is 0. The number of hydrogen-bond donors (Lipinski definition) is 2. The number of thiophene rings is 1. The standard InChI is InChI=1S/C12H18N2OS/c1-4-12(3,8-15)14-9(2)11-6-5-10(7-13)16-11/h5-6,9,14-15H,4,8H2,1-3H3. The van der Waals surface area contributed by atoms with Crippen LogP contribution in [0.15, 0.2) is 12.1 Å². The molecule has 2 unspecified atom stereocenters. The van der Waals surface area contributed by atoms with Crippen molar-refractivity contribution in [3.05, 3.63) is 21.9 Å². The molecule has 0 aromatic carbocycles. The Morgan fingerprint density at radius 3 is 2.75 bits per heavy atom. The molecular formula is C12H18N2OS. The zero-order valence-electron chi connectivity index (χ0n) is 9.95. The van der Waals surface area contributed by atoms with E-state index in [9.17, 15) is 5.11 Å². The van der Waals surface area contributed by atoms with Crippen LogP contribution >= 0.6 is 11.3 Å². The van der Waals surface area contributed by atoms with E-state index >= 15 is 0 Å². The summed E-state index contributed by atoms with van der Waals surface area (Å²) in [7, 11) is 0. The molecule has 0 radical (unpaired) electrons. The fourth-order valence-electron chi connectivity index (χ4n) is 1.50. The van der Waals surface area contributed by atoms with Gasteiger partial charge in [0.15, 0.2) is 0 Å². The van der Waals surface area contributed by atoms with Gasteiger partial charge < -0.3 is 10.4 Å². The van der Waals surface area contributed by atoms with Crippen molar-refractivity contribution in [2.75, 3.05) is 6.61 Å². The van der Waals surface area contributed by atoms with Gasteiger partial charge in [-0.15, -0.1) is 11.3 Å². The van der Waals surface area contributed by atoms with Crippen LogP contribution in [0.25, 0.3) is 0 Å². The molecule has 0 saturated heterocycles. The second-order valence-electron chi connectivity index (χ2n) is 4.25. The Hall–Kier alpha value is -0.890. The van der Waals surface area contributed by atoms with E-state index in [1.807, 2.05) is 26.0 Å². The van der Waals surface area contributed by atoms with E-state index in [0.29, 0.717) is 0 Å². The van der Waals surface area contributed by atoms with Crippen molar-refractivity contribution in [2.45, 2.75) is 38.8 Å². The van der Waals surface area contributed by atoms with Crippen molar-refractivity contribution < 1.29 is 5.11 Å². The van der Waals surface area contributed by atoms with Crippen molar-refractivity contribution in [3.8, 4) is 6.07 Å². The molecule has 16 heavy (non-hydrogen) atoms. The predicted octanol–water partition coefficient (Wildman–Crippen LogP) is 2.43. The van der Waals surface area contributed by atoms with E-state index in [1.165, 1.54) is 11.3 Å². The monoisotopic (exact) mass is 238 g/mol. The molecule has 0 spiro atoms. The number of nitriles is 1. The maximum atomic E-state index is 9.32. The lowest BCUT2D eigenvalue weighted by Crippen LogP contribution is -2.46. The molecule has 2 atom stereocenters. The number of aliphatic hydroxyl groups is 1. The zero-order chi connectivity index (χ0) is 12.2. The Morgan fingerprint density at radius 1 is 1.62 bits per heavy atom. The Morgan fingerprint density at radius 2 is 2.31 bits per heavy atom. The smallest absolute Gasteiger partial charge is 0.110 e. The Labute approximate surface area is 101 Å². The van der Waals surface area contributed by atoms with Crippen LogP contribution in [0.2, 0.25) is 0 Å². The lowest BCUT2D eigenvalue weighted by atomic mass is 9.99. The summed E-state index contributed by atoms with van der Waals surface area (Å²) in [5.41, 5.74) is -0.254. The van der Waals surface area contributed by atoms with Gasteiger partial charge in [0, 0.05) is 16.5 Å². The number of nitrogens with one attached hydrogen (secondary N) is 1. The van der Waals surface area contributed by atoms with Crippen molar-refractivity contribution in [1.82, 2.24) is 5.32 Å². The molecule has 0 bridgehead atoms. The van der Waals surface area contributed by atoms with Gasteiger partial charge in [-0.3, -0.25) is 0 Å². The van der Waals surface area contributed by atoms with Crippen LogP contribution in [0.4, 0.5) is 0 Å². The van der Waals surface area contributed by atoms with Crippen molar-refractivity contribution in [3.63, 3.8) is 0 Å². The van der Waals surface area contributed by atoms with Gasteiger partial charge in [0.2, 0.25) is 0 Å². The van der Waals surface area contributed by atoms with E-state index in [0.717, 1.165) is 16.2 Å². The van der Waals surface area contributed by atoms with Gasteiger partial charge in [-0.25, -0.2) is 0 Å². The van der Waals surface area contributed by atoms with Crippen molar-refractivity contribution >= 4 is 11.3 Å². The summed E-state index contributed by atoms with van der Waals surface area (Å²) < 4.78 is 0. The third-order valence-electron chi connectivity index (χ3n) is 2.86. The Bertz CT molecular complexity index is 377. The van der Waals surface area contributed by atoms with Gasteiger partial charge in [0.1, 0.15) is 10.9 Å². The molecule has 2 N–H and O–H groups in total. The first-order valence-electron chi connectivity index (χ1n) is 5.43. The highest BCUT2D eigenvalue weighted by atomic mass is 32.1. The van der Waals surface area contributed by atoms with Gasteiger partial charge in [0.25, 0.3) is 0 Å². The second-order valence-corrected chi connectivity index (χ2v) is 5.37. The van der Waals surface area contributed by atoms with Gasteiger partial charge in [-0.2, -0.15) is 5.26 Å². The molecule has 1 aromatic heterocycles. The summed E-state index contributed by atoms with van der Waals surface area (Å²) >= 11 is 1.50. The van der Waals surface area contributed by atoms with Crippen LogP contribution < -0.4 is 5.32 Å². The number of rotatable bonds is 5. The minimum atomic E-state index is -0.254. The summed E-state index contributed by atoms with van der Waals surface area (Å²) in [6.07, 6.45) is 0.865. The van der Waals surface area contributed by atoms with E-state index in [4.69, 9.17) is 5.26 Å². The minimum absolute atomic E-state index is 0.115. The highest BCUT2D eigenvalue weighted by Crippen LogP contribution is 2.25. The summed E-state index contributed by atoms with van der Waals surface area (Å²) in [4.78, 5) is 1.86. The lowest BCUT2D eigenvalue weighted by Gasteiger charge is -2.30. The Kier molecular flexibility index (Phi) is 4.48. The molecule has 0 aliphatic heterocycles. The van der Waals surface area contributed by atoms with E-state index in [2.05, 4.69) is 18.3 Å². The van der Waals surface area contributed by atoms with Crippen molar-refractivity contribution in [1.29, 1.82) is 5.26 Å². The number of aliphatic hydroxyl groups excluding tert-OH is 1. The molecule has 4 heteroatoms. The normalized spacial score (nSPS) is 16.4. The molecular weight excluding hydrogens is 220 g/mol. The topological polar surface area (TPSA) is 56.0 Å². The van der Waals surface area contributed by atoms with Crippen LogP contribution in [0.1, 0.15) is 43.0 Å². The van der Waals surface area contributed by atoms with Gasteiger partial charge in [-0.05, 0) is 32.4 Å². The molecule has 1 aromatic rings. The molecule has 0 fully saturated rings. The van der Waals surface area contributed by atoms with Gasteiger partial charge >= 0.3 is 0 Å². The average molecular weight is 238 g/mol. The Balaban J connectivity index is 2.72. The average Bonchev–Trinajstić information content (AvgIpc) is 2.77. The number of nitrogens with zero attached hydrogens (tertiary/aromatic N) is 1. The number of hydrogen-bond acceptors (Lipinski definition) is 4. The van der Waals surface area contributed by atoms with Crippen LogP contribution in [0.5, 0.6) is 0 Å². The van der Waals surface area contributed by atoms with Gasteiger partial charge in [0.05, 0.1) is 6.61 Å². The fourth-order valence-corrected chi connectivity index (χ4v) is 2.31. The summed E-state index contributed by atoms with van der Waals surface area (Å²) in [6.45, 7) is 6.22. The third kappa shape index (κ3) is 3.05. The van der Waals surface area contributed by atoms with Crippen LogP contribution in [0, 0.1) is 11.3 Å². The lowest BCUT2D eigenvalue weighted by molar-refractivity contribution is 0.160. The van der Waals surface area contributed by atoms with Crippen LogP contribution in [-0.4, -0.2) is 17.3 Å². The molecule has 88 valence electrons. The first-order valence-corrected chi connectivity index (χ1v) is 6.24. The maximum Gasteiger partial charge on any atom is 0.110 e. The first kappa shape index (κ1) is 13.2. The van der Waals surface area contributed by atoms with Crippen LogP contribution in [-0.2, 0) is 0 Å². The second kappa shape index (κ2) is 5.44. The van der Waals surface area contributed by atoms with E-state index in [-0.39, 0.29) is 18.2 Å². The molecule has 3 nitrogen and oxygen atoms in total. The largest absolute Gasteiger partial charge is 0.394 e. The van der Waals surface area contributed by atoms with Gasteiger partial charge in [-0.1, -0.05) is 6.92 Å².